The van der Waals surface area contributed by atoms with Gasteiger partial charge in [-0.05, 0) is 40.8 Å². The van der Waals surface area contributed by atoms with E-state index in [1.54, 1.807) is 0 Å². The van der Waals surface area contributed by atoms with E-state index in [1.807, 2.05) is 0 Å². The Labute approximate surface area is 146 Å². The highest BCUT2D eigenvalue weighted by atomic mass is 127. The number of nitrogens with one attached hydrogen (secondary N) is 1. The third-order valence-corrected chi connectivity index (χ3v) is 3.65. The summed E-state index contributed by atoms with van der Waals surface area (Å²) in [6.07, 6.45) is -3.52. The molecule has 4 nitrogen and oxygen atoms in total. The molecule has 0 spiro atoms. The van der Waals surface area contributed by atoms with E-state index in [0.717, 1.165) is 24.4 Å². The van der Waals surface area contributed by atoms with Crippen molar-refractivity contribution in [2.75, 3.05) is 11.9 Å². The van der Waals surface area contributed by atoms with Gasteiger partial charge in [0.25, 0.3) is 5.91 Å². The number of anilines is 1. The minimum atomic E-state index is -4.50. The predicted molar refractivity (Wildman–Crippen MR) is 82.8 cm³/mol. The van der Waals surface area contributed by atoms with Crippen molar-refractivity contribution in [1.29, 1.82) is 0 Å². The molecule has 0 aliphatic carbocycles. The molecule has 1 heterocycles. The quantitative estimate of drug-likeness (QED) is 0.426. The molecule has 0 saturated heterocycles. The molecule has 0 unspecified atom stereocenters. The number of carbonyl (C=O) groups excluding carboxylic acids is 1. The summed E-state index contributed by atoms with van der Waals surface area (Å²) in [5.41, 5.74) is -0.124. The Morgan fingerprint density at radius 1 is 1.21 bits per heavy atom. The molecule has 1 aromatic carbocycles. The van der Waals surface area contributed by atoms with Crippen LogP contribution in [-0.2, 0) is 0 Å². The van der Waals surface area contributed by atoms with Crippen LogP contribution in [0.1, 0.15) is 10.4 Å². The summed E-state index contributed by atoms with van der Waals surface area (Å²) < 4.78 is 67.0. The van der Waals surface area contributed by atoms with Crippen LogP contribution < -0.4 is 10.1 Å². The molecule has 0 radical (unpaired) electrons. The van der Waals surface area contributed by atoms with Crippen LogP contribution in [0.25, 0.3) is 0 Å². The maximum absolute atomic E-state index is 13.4. The van der Waals surface area contributed by atoms with E-state index < -0.39 is 30.3 Å². The lowest BCUT2D eigenvalue weighted by Crippen LogP contribution is -2.19. The minimum absolute atomic E-state index is 0.0197. The Kier molecular flexibility index (Phi) is 5.57. The van der Waals surface area contributed by atoms with Gasteiger partial charge in [-0.2, -0.15) is 13.2 Å². The van der Waals surface area contributed by atoms with Crippen molar-refractivity contribution in [2.45, 2.75) is 6.18 Å². The zero-order valence-corrected chi connectivity index (χ0v) is 13.8. The number of amides is 1. The number of rotatable bonds is 4. The Balaban J connectivity index is 2.05. The fourth-order valence-electron chi connectivity index (χ4n) is 1.59. The Hall–Kier alpha value is -1.98. The number of hydrogen-bond acceptors (Lipinski definition) is 3. The average Bonchev–Trinajstić information content (AvgIpc) is 2.50. The van der Waals surface area contributed by atoms with Crippen LogP contribution in [-0.4, -0.2) is 23.7 Å². The molecule has 1 aromatic heterocycles. The molecule has 1 N–H and O–H groups in total. The van der Waals surface area contributed by atoms with Crippen molar-refractivity contribution in [3.63, 3.8) is 0 Å². The average molecular weight is 458 g/mol. The molecule has 10 heteroatoms. The van der Waals surface area contributed by atoms with Gasteiger partial charge in [-0.25, -0.2) is 13.8 Å². The maximum Gasteiger partial charge on any atom is 0.422 e. The van der Waals surface area contributed by atoms with Gasteiger partial charge in [0, 0.05) is 18.0 Å². The van der Waals surface area contributed by atoms with Crippen LogP contribution >= 0.6 is 22.6 Å². The first-order valence-corrected chi connectivity index (χ1v) is 7.35. The fraction of sp³-hybridized carbons (Fsp3) is 0.143. The number of ether oxygens (including phenoxy) is 1. The van der Waals surface area contributed by atoms with Gasteiger partial charge in [0.1, 0.15) is 11.6 Å². The normalized spacial score (nSPS) is 11.2. The lowest BCUT2D eigenvalue weighted by atomic mass is 10.2. The zero-order valence-electron chi connectivity index (χ0n) is 11.6. The standard InChI is InChI=1S/C14H8F5IN2O2/c15-9-3-8(4-10(16)12(9)20)22-13(23)7-1-2-11(21-5-7)24-6-14(17,18)19/h1-5H,6H2,(H,22,23). The third-order valence-electron chi connectivity index (χ3n) is 2.62. The van der Waals surface area contributed by atoms with E-state index in [0.29, 0.717) is 0 Å². The number of aromatic nitrogens is 1. The lowest BCUT2D eigenvalue weighted by molar-refractivity contribution is -0.154. The number of hydrogen-bond donors (Lipinski definition) is 1. The first kappa shape index (κ1) is 18.4. The molecular formula is C14H8F5IN2O2. The number of nitrogens with zero attached hydrogens (tertiary/aromatic N) is 1. The first-order chi connectivity index (χ1) is 11.2. The number of carbonyl (C=O) groups is 1. The van der Waals surface area contributed by atoms with Crippen LogP contribution in [0.2, 0.25) is 0 Å². The second-order valence-electron chi connectivity index (χ2n) is 4.50. The SMILES string of the molecule is O=C(Nc1cc(F)c(I)c(F)c1)c1ccc(OCC(F)(F)F)nc1. The van der Waals surface area contributed by atoms with Crippen molar-refractivity contribution in [2.24, 2.45) is 0 Å². The van der Waals surface area contributed by atoms with Gasteiger partial charge >= 0.3 is 6.18 Å². The van der Waals surface area contributed by atoms with Gasteiger partial charge in [-0.1, -0.05) is 0 Å². The van der Waals surface area contributed by atoms with Crippen LogP contribution in [0.3, 0.4) is 0 Å². The first-order valence-electron chi connectivity index (χ1n) is 6.27. The van der Waals surface area contributed by atoms with Crippen LogP contribution in [0.5, 0.6) is 5.88 Å². The molecular weight excluding hydrogens is 450 g/mol. The highest BCUT2D eigenvalue weighted by molar-refractivity contribution is 14.1. The van der Waals surface area contributed by atoms with Crippen LogP contribution in [0, 0.1) is 15.2 Å². The molecule has 0 aliphatic rings. The summed E-state index contributed by atoms with van der Waals surface area (Å²) in [4.78, 5) is 15.5. The van der Waals surface area contributed by atoms with Gasteiger partial charge in [0.15, 0.2) is 6.61 Å². The zero-order chi connectivity index (χ0) is 17.9. The van der Waals surface area contributed by atoms with Gasteiger partial charge in [0.2, 0.25) is 5.88 Å². The molecule has 1 amide bonds. The molecule has 0 fully saturated rings. The molecule has 0 atom stereocenters. The smallest absolute Gasteiger partial charge is 0.422 e. The molecule has 128 valence electrons. The monoisotopic (exact) mass is 458 g/mol. The van der Waals surface area contributed by atoms with Crippen molar-refractivity contribution in [3.05, 3.63) is 51.2 Å². The molecule has 24 heavy (non-hydrogen) atoms. The lowest BCUT2D eigenvalue weighted by Gasteiger charge is -2.09. The van der Waals surface area contributed by atoms with E-state index >= 15 is 0 Å². The Bertz CT molecular complexity index is 727. The fourth-order valence-corrected chi connectivity index (χ4v) is 1.90. The summed E-state index contributed by atoms with van der Waals surface area (Å²) in [6, 6.07) is 4.14. The van der Waals surface area contributed by atoms with E-state index in [2.05, 4.69) is 15.0 Å². The molecule has 2 rings (SSSR count). The summed E-state index contributed by atoms with van der Waals surface area (Å²) in [7, 11) is 0. The van der Waals surface area contributed by atoms with Crippen molar-refractivity contribution < 1.29 is 31.5 Å². The van der Waals surface area contributed by atoms with Gasteiger partial charge in [0.05, 0.1) is 9.13 Å². The van der Waals surface area contributed by atoms with E-state index in [1.165, 1.54) is 28.7 Å². The van der Waals surface area contributed by atoms with Crippen molar-refractivity contribution in [1.82, 2.24) is 4.98 Å². The second kappa shape index (κ2) is 7.28. The number of halogens is 6. The van der Waals surface area contributed by atoms with Crippen molar-refractivity contribution in [3.8, 4) is 5.88 Å². The number of benzene rings is 1. The molecule has 2 aromatic rings. The maximum atomic E-state index is 13.4. The number of pyridine rings is 1. The van der Waals surface area contributed by atoms with E-state index in [9.17, 15) is 26.7 Å². The van der Waals surface area contributed by atoms with Gasteiger partial charge in [-0.15, -0.1) is 0 Å². The molecule has 0 saturated carbocycles. The van der Waals surface area contributed by atoms with Crippen LogP contribution in [0.4, 0.5) is 27.6 Å². The summed E-state index contributed by atoms with van der Waals surface area (Å²) in [6.45, 7) is -1.51. The Morgan fingerprint density at radius 3 is 2.33 bits per heavy atom. The highest BCUT2D eigenvalue weighted by Gasteiger charge is 2.28. The highest BCUT2D eigenvalue weighted by Crippen LogP contribution is 2.21. The second-order valence-corrected chi connectivity index (χ2v) is 5.58. The van der Waals surface area contributed by atoms with Crippen molar-refractivity contribution >= 4 is 34.2 Å². The molecule has 0 aliphatic heterocycles. The van der Waals surface area contributed by atoms with Crippen LogP contribution in [0.15, 0.2) is 30.5 Å². The number of alkyl halides is 3. The van der Waals surface area contributed by atoms with Gasteiger partial charge < -0.3 is 10.1 Å². The summed E-state index contributed by atoms with van der Waals surface area (Å²) in [5.74, 6) is -2.71. The largest absolute Gasteiger partial charge is 0.468 e. The Morgan fingerprint density at radius 2 is 1.83 bits per heavy atom. The molecule has 0 bridgehead atoms. The van der Waals surface area contributed by atoms with E-state index in [-0.39, 0.29) is 20.7 Å². The topological polar surface area (TPSA) is 51.2 Å². The van der Waals surface area contributed by atoms with Gasteiger partial charge in [-0.3, -0.25) is 4.79 Å². The van der Waals surface area contributed by atoms with E-state index in [4.69, 9.17) is 0 Å². The minimum Gasteiger partial charge on any atom is -0.468 e. The summed E-state index contributed by atoms with van der Waals surface area (Å²) in [5, 5.41) is 2.26. The summed E-state index contributed by atoms with van der Waals surface area (Å²) >= 11 is 1.48. The third kappa shape index (κ3) is 5.01. The predicted octanol–water partition coefficient (Wildman–Crippen LogP) is 4.16.